The highest BCUT2D eigenvalue weighted by atomic mass is 32.2. The van der Waals surface area contributed by atoms with Crippen molar-refractivity contribution in [2.24, 2.45) is 5.92 Å². The zero-order valence-electron chi connectivity index (χ0n) is 18.5. The molecule has 2 fully saturated rings. The molecule has 0 spiro atoms. The first kappa shape index (κ1) is 23.4. The van der Waals surface area contributed by atoms with E-state index in [0.29, 0.717) is 44.6 Å². The van der Waals surface area contributed by atoms with E-state index in [2.05, 4.69) is 4.98 Å². The zero-order chi connectivity index (χ0) is 23.3. The van der Waals surface area contributed by atoms with Crippen LogP contribution in [0.4, 0.5) is 0 Å². The van der Waals surface area contributed by atoms with Crippen LogP contribution < -0.4 is 0 Å². The summed E-state index contributed by atoms with van der Waals surface area (Å²) in [5.41, 5.74) is 1.38. The molecule has 2 aliphatic rings. The number of benzene rings is 1. The average Bonchev–Trinajstić information content (AvgIpc) is 3.37. The lowest BCUT2D eigenvalue weighted by Gasteiger charge is -2.34. The predicted octanol–water partition coefficient (Wildman–Crippen LogP) is 2.56. The largest absolute Gasteiger partial charge is 0.376 e. The van der Waals surface area contributed by atoms with E-state index < -0.39 is 10.0 Å². The van der Waals surface area contributed by atoms with E-state index >= 15 is 0 Å². The molecule has 1 aromatic carbocycles. The minimum atomic E-state index is -3.65. The van der Waals surface area contributed by atoms with Gasteiger partial charge in [-0.2, -0.15) is 9.57 Å². The van der Waals surface area contributed by atoms with Gasteiger partial charge in [0.2, 0.25) is 15.9 Å². The summed E-state index contributed by atoms with van der Waals surface area (Å²) in [5.74, 6) is -0.180. The van der Waals surface area contributed by atoms with Gasteiger partial charge in [0.05, 0.1) is 22.6 Å². The van der Waals surface area contributed by atoms with E-state index in [9.17, 15) is 13.2 Å². The van der Waals surface area contributed by atoms with Gasteiger partial charge >= 0.3 is 0 Å². The fourth-order valence-electron chi connectivity index (χ4n) is 4.43. The van der Waals surface area contributed by atoms with Gasteiger partial charge in [-0.25, -0.2) is 8.42 Å². The summed E-state index contributed by atoms with van der Waals surface area (Å²) in [6, 6.07) is 11.7. The van der Waals surface area contributed by atoms with Crippen LogP contribution in [0, 0.1) is 17.2 Å². The minimum Gasteiger partial charge on any atom is -0.376 e. The molecular formula is C24H28N4O4S. The van der Waals surface area contributed by atoms with E-state index in [0.717, 1.165) is 25.0 Å². The molecule has 0 bridgehead atoms. The predicted molar refractivity (Wildman–Crippen MR) is 121 cm³/mol. The van der Waals surface area contributed by atoms with E-state index in [1.165, 1.54) is 28.6 Å². The van der Waals surface area contributed by atoms with Crippen LogP contribution >= 0.6 is 0 Å². The number of sulfonamides is 1. The highest BCUT2D eigenvalue weighted by Crippen LogP contribution is 2.26. The number of piperidine rings is 1. The fourth-order valence-corrected chi connectivity index (χ4v) is 5.90. The van der Waals surface area contributed by atoms with Crippen molar-refractivity contribution in [2.75, 3.05) is 26.2 Å². The van der Waals surface area contributed by atoms with Crippen LogP contribution in [0.3, 0.4) is 0 Å². The van der Waals surface area contributed by atoms with Crippen molar-refractivity contribution in [3.8, 4) is 6.07 Å². The highest BCUT2D eigenvalue weighted by molar-refractivity contribution is 7.89. The first-order valence-electron chi connectivity index (χ1n) is 11.3. The lowest BCUT2D eigenvalue weighted by molar-refractivity contribution is -0.139. The number of pyridine rings is 1. The number of nitriles is 1. The minimum absolute atomic E-state index is 0.0440. The molecule has 33 heavy (non-hydrogen) atoms. The van der Waals surface area contributed by atoms with Crippen LogP contribution in [0.15, 0.2) is 53.7 Å². The summed E-state index contributed by atoms with van der Waals surface area (Å²) in [4.78, 5) is 19.6. The second kappa shape index (κ2) is 10.4. The van der Waals surface area contributed by atoms with Gasteiger partial charge in [-0.3, -0.25) is 9.78 Å². The van der Waals surface area contributed by atoms with Gasteiger partial charge in [0, 0.05) is 51.1 Å². The highest BCUT2D eigenvalue weighted by Gasteiger charge is 2.34. The van der Waals surface area contributed by atoms with Crippen LogP contribution in [-0.2, 0) is 26.1 Å². The standard InChI is InChI=1S/C24H28N4O4S/c25-15-19-5-7-23(8-6-19)33(30,31)28-12-9-21(10-13-28)24(29)27(18-22-4-2-14-32-22)17-20-3-1-11-26-16-20/h1,3,5-8,11,16,21-22H,2,4,9-10,12-14,17-18H2. The molecule has 8 nitrogen and oxygen atoms in total. The second-order valence-electron chi connectivity index (χ2n) is 8.53. The third-order valence-electron chi connectivity index (χ3n) is 6.28. The van der Waals surface area contributed by atoms with Crippen LogP contribution in [0.2, 0.25) is 0 Å². The van der Waals surface area contributed by atoms with Crippen LogP contribution in [0.1, 0.15) is 36.8 Å². The number of hydrogen-bond donors (Lipinski definition) is 0. The molecule has 4 rings (SSSR count). The summed E-state index contributed by atoms with van der Waals surface area (Å²) < 4.78 is 33.2. The van der Waals surface area contributed by atoms with Crippen molar-refractivity contribution < 1.29 is 17.9 Å². The maximum atomic E-state index is 13.4. The Hall–Kier alpha value is -2.80. The molecule has 0 saturated carbocycles. The lowest BCUT2D eigenvalue weighted by Crippen LogP contribution is -2.45. The molecule has 1 aromatic heterocycles. The number of ether oxygens (including phenoxy) is 1. The third-order valence-corrected chi connectivity index (χ3v) is 8.19. The molecule has 2 aromatic rings. The fraction of sp³-hybridized carbons (Fsp3) is 0.458. The Morgan fingerprint density at radius 3 is 2.55 bits per heavy atom. The second-order valence-corrected chi connectivity index (χ2v) is 10.5. The number of aromatic nitrogens is 1. The molecule has 0 N–H and O–H groups in total. The van der Waals surface area contributed by atoms with Crippen molar-refractivity contribution >= 4 is 15.9 Å². The number of nitrogens with zero attached hydrogens (tertiary/aromatic N) is 4. The molecule has 174 valence electrons. The molecular weight excluding hydrogens is 440 g/mol. The lowest BCUT2D eigenvalue weighted by atomic mass is 9.96. The van der Waals surface area contributed by atoms with Crippen molar-refractivity contribution in [3.63, 3.8) is 0 Å². The molecule has 9 heteroatoms. The van der Waals surface area contributed by atoms with Crippen LogP contribution in [-0.4, -0.2) is 60.9 Å². The molecule has 1 atom stereocenters. The topological polar surface area (TPSA) is 104 Å². The Balaban J connectivity index is 1.41. The number of rotatable bonds is 7. The van der Waals surface area contributed by atoms with Gasteiger partial charge < -0.3 is 9.64 Å². The number of hydrogen-bond acceptors (Lipinski definition) is 6. The molecule has 0 aliphatic carbocycles. The first-order chi connectivity index (χ1) is 16.0. The van der Waals surface area contributed by atoms with Crippen molar-refractivity contribution in [1.29, 1.82) is 5.26 Å². The Kier molecular flexibility index (Phi) is 7.38. The van der Waals surface area contributed by atoms with Crippen LogP contribution in [0.5, 0.6) is 0 Å². The van der Waals surface area contributed by atoms with Gasteiger partial charge in [-0.1, -0.05) is 6.07 Å². The zero-order valence-corrected chi connectivity index (χ0v) is 19.3. The van der Waals surface area contributed by atoms with Gasteiger partial charge in [0.1, 0.15) is 0 Å². The Labute approximate surface area is 194 Å². The summed E-state index contributed by atoms with van der Waals surface area (Å²) in [5, 5.41) is 8.93. The Bertz CT molecular complexity index is 1090. The first-order valence-corrected chi connectivity index (χ1v) is 12.7. The maximum Gasteiger partial charge on any atom is 0.243 e. The van der Waals surface area contributed by atoms with Gasteiger partial charge in [0.25, 0.3) is 0 Å². The van der Waals surface area contributed by atoms with E-state index in [1.54, 1.807) is 12.4 Å². The SMILES string of the molecule is N#Cc1ccc(S(=O)(=O)N2CCC(C(=O)N(Cc3cccnc3)CC3CCCO3)CC2)cc1. The van der Waals surface area contributed by atoms with Gasteiger partial charge in [-0.15, -0.1) is 0 Å². The maximum absolute atomic E-state index is 13.4. The third kappa shape index (κ3) is 5.58. The average molecular weight is 469 g/mol. The monoisotopic (exact) mass is 468 g/mol. The molecule has 3 heterocycles. The quantitative estimate of drug-likeness (QED) is 0.619. The van der Waals surface area contributed by atoms with E-state index in [-0.39, 0.29) is 22.8 Å². The van der Waals surface area contributed by atoms with E-state index in [1.807, 2.05) is 23.1 Å². The molecule has 0 radical (unpaired) electrons. The molecule has 1 unspecified atom stereocenters. The van der Waals surface area contributed by atoms with Crippen molar-refractivity contribution in [2.45, 2.75) is 43.2 Å². The smallest absolute Gasteiger partial charge is 0.243 e. The summed E-state index contributed by atoms with van der Waals surface area (Å²) >= 11 is 0. The van der Waals surface area contributed by atoms with Gasteiger partial charge in [0.15, 0.2) is 0 Å². The summed E-state index contributed by atoms with van der Waals surface area (Å²) in [6.45, 7) is 2.32. The Morgan fingerprint density at radius 2 is 1.94 bits per heavy atom. The van der Waals surface area contributed by atoms with Crippen molar-refractivity contribution in [3.05, 3.63) is 59.9 Å². The molecule has 2 saturated heterocycles. The Morgan fingerprint density at radius 1 is 1.18 bits per heavy atom. The normalized spacial score (nSPS) is 19.8. The summed E-state index contributed by atoms with van der Waals surface area (Å²) in [7, 11) is -3.65. The number of amides is 1. The summed E-state index contributed by atoms with van der Waals surface area (Å²) in [6.07, 6.45) is 6.42. The van der Waals surface area contributed by atoms with Crippen molar-refractivity contribution in [1.82, 2.24) is 14.2 Å². The van der Waals surface area contributed by atoms with Crippen LogP contribution in [0.25, 0.3) is 0 Å². The molecule has 1 amide bonds. The molecule has 2 aliphatic heterocycles. The van der Waals surface area contributed by atoms with E-state index in [4.69, 9.17) is 10.00 Å². The van der Waals surface area contributed by atoms with Gasteiger partial charge in [-0.05, 0) is 61.6 Å². The number of carbonyl (C=O) groups excluding carboxylic acids is 1. The number of carbonyl (C=O) groups is 1.